The van der Waals surface area contributed by atoms with Crippen LogP contribution >= 0.6 is 39.9 Å². The van der Waals surface area contributed by atoms with Crippen molar-refractivity contribution in [2.24, 2.45) is 0 Å². The van der Waals surface area contributed by atoms with Gasteiger partial charge in [0.2, 0.25) is 0 Å². The van der Waals surface area contributed by atoms with Gasteiger partial charge in [-0.15, -0.1) is 12.4 Å². The molecule has 6 heteroatoms. The summed E-state index contributed by atoms with van der Waals surface area (Å²) in [6, 6.07) is 21.9. The zero-order chi connectivity index (χ0) is 21.6. The maximum absolute atomic E-state index is 12.5. The highest BCUT2D eigenvalue weighted by atomic mass is 79.9. The minimum Gasteiger partial charge on any atom is -0.352 e. The molecule has 0 unspecified atom stereocenters. The third kappa shape index (κ3) is 6.58. The summed E-state index contributed by atoms with van der Waals surface area (Å²) >= 11 is 9.67. The van der Waals surface area contributed by atoms with Gasteiger partial charge in [-0.25, -0.2) is 0 Å². The number of rotatable bonds is 7. The van der Waals surface area contributed by atoms with Crippen molar-refractivity contribution in [3.05, 3.63) is 92.9 Å². The highest BCUT2D eigenvalue weighted by Gasteiger charge is 2.13. The summed E-state index contributed by atoms with van der Waals surface area (Å²) in [5.74, 6) is -0.0487. The number of hydrogen-bond acceptors (Lipinski definition) is 2. The minimum atomic E-state index is -0.0487. The predicted octanol–water partition coefficient (Wildman–Crippen LogP) is 6.76. The topological polar surface area (TPSA) is 32.3 Å². The average molecular weight is 534 g/mol. The van der Waals surface area contributed by atoms with Crippen molar-refractivity contribution in [1.82, 2.24) is 10.2 Å². The summed E-state index contributed by atoms with van der Waals surface area (Å²) in [5, 5.41) is 3.74. The number of nitrogens with zero attached hydrogens (tertiary/aromatic N) is 1. The largest absolute Gasteiger partial charge is 0.352 e. The molecule has 3 aromatic rings. The average Bonchev–Trinajstić information content (AvgIpc) is 3.29. The molecule has 1 amide bonds. The van der Waals surface area contributed by atoms with Crippen LogP contribution in [0.3, 0.4) is 0 Å². The third-order valence-electron chi connectivity index (χ3n) is 5.73. The molecule has 3 nitrogen and oxygen atoms in total. The molecule has 168 valence electrons. The van der Waals surface area contributed by atoms with E-state index in [4.69, 9.17) is 11.6 Å². The first-order chi connectivity index (χ1) is 15.1. The molecule has 0 saturated carbocycles. The number of carbonyl (C=O) groups is 1. The first-order valence-electron chi connectivity index (χ1n) is 10.7. The molecule has 0 spiro atoms. The third-order valence-corrected chi connectivity index (χ3v) is 6.72. The van der Waals surface area contributed by atoms with Gasteiger partial charge >= 0.3 is 0 Å². The zero-order valence-electron chi connectivity index (χ0n) is 17.8. The molecule has 0 radical (unpaired) electrons. The number of halogens is 3. The van der Waals surface area contributed by atoms with Crippen LogP contribution < -0.4 is 5.32 Å². The molecule has 0 aromatic heterocycles. The van der Waals surface area contributed by atoms with Crippen LogP contribution in [0.15, 0.2) is 71.2 Å². The zero-order valence-corrected chi connectivity index (χ0v) is 21.0. The van der Waals surface area contributed by atoms with Gasteiger partial charge in [-0.2, -0.15) is 0 Å². The van der Waals surface area contributed by atoms with E-state index >= 15 is 0 Å². The Morgan fingerprint density at radius 1 is 0.938 bits per heavy atom. The van der Waals surface area contributed by atoms with Gasteiger partial charge in [0.25, 0.3) is 5.91 Å². The summed E-state index contributed by atoms with van der Waals surface area (Å²) in [6.45, 7) is 4.00. The van der Waals surface area contributed by atoms with Crippen LogP contribution in [0, 0.1) is 0 Å². The lowest BCUT2D eigenvalue weighted by Gasteiger charge is -2.16. The molecule has 1 aliphatic heterocycles. The van der Waals surface area contributed by atoms with Crippen LogP contribution in [0.4, 0.5) is 0 Å². The summed E-state index contributed by atoms with van der Waals surface area (Å²) in [6.07, 6.45) is 3.41. The highest BCUT2D eigenvalue weighted by Crippen LogP contribution is 2.23. The van der Waals surface area contributed by atoms with E-state index in [2.05, 4.69) is 44.3 Å². The monoisotopic (exact) mass is 532 g/mol. The number of likely N-dealkylation sites (tertiary alicyclic amines) is 1. The Morgan fingerprint density at radius 3 is 2.19 bits per heavy atom. The van der Waals surface area contributed by atoms with Gasteiger partial charge in [-0.05, 0) is 84.9 Å². The predicted molar refractivity (Wildman–Crippen MR) is 139 cm³/mol. The van der Waals surface area contributed by atoms with Crippen molar-refractivity contribution in [1.29, 1.82) is 0 Å². The lowest BCUT2D eigenvalue weighted by Crippen LogP contribution is -2.25. The first kappa shape index (κ1) is 24.8. The van der Waals surface area contributed by atoms with E-state index in [-0.39, 0.29) is 18.3 Å². The molecule has 0 atom stereocenters. The van der Waals surface area contributed by atoms with Crippen molar-refractivity contribution in [3.63, 3.8) is 0 Å². The second-order valence-electron chi connectivity index (χ2n) is 8.00. The van der Waals surface area contributed by atoms with Crippen LogP contribution in [0.2, 0.25) is 5.02 Å². The standard InChI is InChI=1S/C26H26BrClN2O.ClH/c27-25-17-19(3-4-23(25)18-30-15-1-2-16-30)13-14-29-26(31)22-7-5-20(6-8-22)21-9-11-24(28)12-10-21;/h3-12,17H,1-2,13-16,18H2,(H,29,31);1H. The van der Waals surface area contributed by atoms with Crippen molar-refractivity contribution >= 4 is 45.8 Å². The number of benzene rings is 3. The Kier molecular flexibility index (Phi) is 9.18. The van der Waals surface area contributed by atoms with Crippen molar-refractivity contribution in [2.45, 2.75) is 25.8 Å². The van der Waals surface area contributed by atoms with Crippen molar-refractivity contribution < 1.29 is 4.79 Å². The quantitative estimate of drug-likeness (QED) is 0.364. The normalized spacial score (nSPS) is 13.6. The molecule has 32 heavy (non-hydrogen) atoms. The number of hydrogen-bond donors (Lipinski definition) is 1. The lowest BCUT2D eigenvalue weighted by atomic mass is 10.0. The van der Waals surface area contributed by atoms with E-state index in [0.29, 0.717) is 17.1 Å². The summed E-state index contributed by atoms with van der Waals surface area (Å²) in [5.41, 5.74) is 5.35. The maximum Gasteiger partial charge on any atom is 0.251 e. The van der Waals surface area contributed by atoms with E-state index in [1.54, 1.807) is 0 Å². The fourth-order valence-corrected chi connectivity index (χ4v) is 4.61. The Hall–Kier alpha value is -1.85. The maximum atomic E-state index is 12.5. The Bertz CT molecular complexity index is 1030. The number of nitrogens with one attached hydrogen (secondary N) is 1. The molecular weight excluding hydrogens is 507 g/mol. The van der Waals surface area contributed by atoms with Gasteiger partial charge in [-0.1, -0.05) is 63.9 Å². The SMILES string of the molecule is Cl.O=C(NCCc1ccc(CN2CCCC2)c(Br)c1)c1ccc(-c2ccc(Cl)cc2)cc1. The Balaban J connectivity index is 0.00000289. The van der Waals surface area contributed by atoms with E-state index in [1.165, 1.54) is 37.1 Å². The van der Waals surface area contributed by atoms with Crippen LogP contribution in [0.25, 0.3) is 11.1 Å². The fraction of sp³-hybridized carbons (Fsp3) is 0.269. The highest BCUT2D eigenvalue weighted by molar-refractivity contribution is 9.10. The molecule has 1 saturated heterocycles. The van der Waals surface area contributed by atoms with E-state index < -0.39 is 0 Å². The first-order valence-corrected chi connectivity index (χ1v) is 11.9. The van der Waals surface area contributed by atoms with Gasteiger partial charge in [0, 0.05) is 28.1 Å². The van der Waals surface area contributed by atoms with Crippen LogP contribution in [0.5, 0.6) is 0 Å². The lowest BCUT2D eigenvalue weighted by molar-refractivity contribution is 0.0954. The molecule has 1 N–H and O–H groups in total. The minimum absolute atomic E-state index is 0. The second kappa shape index (κ2) is 11.9. The van der Waals surface area contributed by atoms with E-state index in [1.807, 2.05) is 48.5 Å². The summed E-state index contributed by atoms with van der Waals surface area (Å²) in [7, 11) is 0. The molecule has 1 aliphatic rings. The molecule has 4 rings (SSSR count). The molecule has 0 aliphatic carbocycles. The van der Waals surface area contributed by atoms with Crippen LogP contribution in [0.1, 0.15) is 34.3 Å². The Labute approximate surface area is 209 Å². The Morgan fingerprint density at radius 2 is 1.56 bits per heavy atom. The van der Waals surface area contributed by atoms with Gasteiger partial charge in [0.15, 0.2) is 0 Å². The van der Waals surface area contributed by atoms with Gasteiger partial charge in [0.05, 0.1) is 0 Å². The smallest absolute Gasteiger partial charge is 0.251 e. The second-order valence-corrected chi connectivity index (χ2v) is 9.29. The van der Waals surface area contributed by atoms with Crippen molar-refractivity contribution in [2.75, 3.05) is 19.6 Å². The van der Waals surface area contributed by atoms with Gasteiger partial charge in [0.1, 0.15) is 0 Å². The van der Waals surface area contributed by atoms with Gasteiger partial charge in [-0.3, -0.25) is 9.69 Å². The fourth-order valence-electron chi connectivity index (χ4n) is 3.94. The molecule has 1 heterocycles. The van der Waals surface area contributed by atoms with E-state index in [9.17, 15) is 4.79 Å². The van der Waals surface area contributed by atoms with Crippen LogP contribution in [-0.2, 0) is 13.0 Å². The van der Waals surface area contributed by atoms with Gasteiger partial charge < -0.3 is 5.32 Å². The summed E-state index contributed by atoms with van der Waals surface area (Å²) < 4.78 is 1.15. The van der Waals surface area contributed by atoms with Crippen molar-refractivity contribution in [3.8, 4) is 11.1 Å². The number of carbonyl (C=O) groups excluding carboxylic acids is 1. The van der Waals surface area contributed by atoms with E-state index in [0.717, 1.165) is 28.6 Å². The summed E-state index contributed by atoms with van der Waals surface area (Å²) in [4.78, 5) is 15.0. The molecule has 1 fully saturated rings. The molecule has 0 bridgehead atoms. The van der Waals surface area contributed by atoms with Crippen LogP contribution in [-0.4, -0.2) is 30.4 Å². The molecule has 3 aromatic carbocycles. The number of amides is 1. The molecular formula is C26H27BrCl2N2O.